The van der Waals surface area contributed by atoms with E-state index in [1.165, 1.54) is 0 Å². The van der Waals surface area contributed by atoms with Gasteiger partial charge in [0.25, 0.3) is 0 Å². The minimum Gasteiger partial charge on any atom is -0.373 e. The summed E-state index contributed by atoms with van der Waals surface area (Å²) < 4.78 is 53.0. The summed E-state index contributed by atoms with van der Waals surface area (Å²) in [6.07, 6.45) is -2.26. The standard InChI is InChI=1S/C11H21F4NO/c1-10(2,3)5-4-8(16)6-17-7-11(14,15)9(12)13/h8-9H,4-7,16H2,1-3H3. The molecule has 0 aromatic carbocycles. The molecule has 0 aromatic rings. The topological polar surface area (TPSA) is 35.2 Å². The van der Waals surface area contributed by atoms with E-state index in [1.807, 2.05) is 20.8 Å². The van der Waals surface area contributed by atoms with Crippen molar-refractivity contribution in [3.8, 4) is 0 Å². The summed E-state index contributed by atoms with van der Waals surface area (Å²) in [5, 5.41) is 0. The fraction of sp³-hybridized carbons (Fsp3) is 1.00. The summed E-state index contributed by atoms with van der Waals surface area (Å²) in [4.78, 5) is 0. The number of nitrogens with two attached hydrogens (primary N) is 1. The van der Waals surface area contributed by atoms with Gasteiger partial charge in [-0.05, 0) is 18.3 Å². The summed E-state index contributed by atoms with van der Waals surface area (Å²) in [7, 11) is 0. The Bertz CT molecular complexity index is 216. The van der Waals surface area contributed by atoms with Gasteiger partial charge in [0.1, 0.15) is 6.61 Å². The molecule has 104 valence electrons. The molecule has 2 nitrogen and oxygen atoms in total. The first-order valence-corrected chi connectivity index (χ1v) is 5.54. The summed E-state index contributed by atoms with van der Waals surface area (Å²) in [6, 6.07) is -0.400. The zero-order chi connectivity index (χ0) is 13.7. The SMILES string of the molecule is CC(C)(C)CCC(N)COCC(F)(F)C(F)F. The second-order valence-corrected chi connectivity index (χ2v) is 5.44. The maximum Gasteiger partial charge on any atom is 0.330 e. The van der Waals surface area contributed by atoms with Crippen LogP contribution in [0.25, 0.3) is 0 Å². The van der Waals surface area contributed by atoms with Crippen LogP contribution < -0.4 is 5.73 Å². The van der Waals surface area contributed by atoms with E-state index in [1.54, 1.807) is 0 Å². The maximum atomic E-state index is 12.5. The zero-order valence-corrected chi connectivity index (χ0v) is 10.5. The van der Waals surface area contributed by atoms with Crippen molar-refractivity contribution >= 4 is 0 Å². The second kappa shape index (κ2) is 6.54. The largest absolute Gasteiger partial charge is 0.373 e. The van der Waals surface area contributed by atoms with Gasteiger partial charge in [-0.2, -0.15) is 8.78 Å². The number of hydrogen-bond acceptors (Lipinski definition) is 2. The van der Waals surface area contributed by atoms with E-state index < -0.39 is 25.0 Å². The molecule has 0 rings (SSSR count). The average molecular weight is 259 g/mol. The molecule has 0 aliphatic carbocycles. The van der Waals surface area contributed by atoms with Crippen LogP contribution in [0, 0.1) is 5.41 Å². The van der Waals surface area contributed by atoms with Gasteiger partial charge in [0.15, 0.2) is 0 Å². The van der Waals surface area contributed by atoms with E-state index in [4.69, 9.17) is 5.73 Å². The molecule has 0 aromatic heterocycles. The van der Waals surface area contributed by atoms with Crippen molar-refractivity contribution in [1.82, 2.24) is 0 Å². The van der Waals surface area contributed by atoms with Gasteiger partial charge in [-0.15, -0.1) is 0 Å². The number of ether oxygens (including phenoxy) is 1. The van der Waals surface area contributed by atoms with Gasteiger partial charge in [0, 0.05) is 6.04 Å². The Hall–Kier alpha value is -0.360. The van der Waals surface area contributed by atoms with Crippen molar-refractivity contribution in [3.63, 3.8) is 0 Å². The van der Waals surface area contributed by atoms with E-state index in [9.17, 15) is 17.6 Å². The van der Waals surface area contributed by atoms with Gasteiger partial charge < -0.3 is 10.5 Å². The molecule has 0 amide bonds. The molecule has 0 aliphatic rings. The van der Waals surface area contributed by atoms with Gasteiger partial charge in [0.2, 0.25) is 0 Å². The highest BCUT2D eigenvalue weighted by molar-refractivity contribution is 4.70. The Balaban J connectivity index is 3.75. The Morgan fingerprint density at radius 2 is 1.71 bits per heavy atom. The summed E-state index contributed by atoms with van der Waals surface area (Å²) in [6.45, 7) is 4.69. The molecule has 0 fully saturated rings. The Labute approximate surface area is 99.5 Å². The molecule has 0 aliphatic heterocycles. The van der Waals surface area contributed by atoms with Crippen LogP contribution in [0.5, 0.6) is 0 Å². The molecule has 17 heavy (non-hydrogen) atoms. The van der Waals surface area contributed by atoms with Crippen LogP contribution in [0.3, 0.4) is 0 Å². The van der Waals surface area contributed by atoms with Crippen LogP contribution in [0.1, 0.15) is 33.6 Å². The first-order valence-electron chi connectivity index (χ1n) is 5.54. The highest BCUT2D eigenvalue weighted by Gasteiger charge is 2.41. The van der Waals surface area contributed by atoms with Crippen molar-refractivity contribution in [1.29, 1.82) is 0 Å². The van der Waals surface area contributed by atoms with E-state index in [-0.39, 0.29) is 12.0 Å². The molecule has 2 N–H and O–H groups in total. The Morgan fingerprint density at radius 3 is 2.12 bits per heavy atom. The number of hydrogen-bond donors (Lipinski definition) is 1. The van der Waals surface area contributed by atoms with Gasteiger partial charge in [-0.1, -0.05) is 20.8 Å². The molecule has 1 unspecified atom stereocenters. The number of halogens is 4. The monoisotopic (exact) mass is 259 g/mol. The van der Waals surface area contributed by atoms with Crippen molar-refractivity contribution in [2.24, 2.45) is 11.1 Å². The molecule has 0 heterocycles. The molecule has 0 radical (unpaired) electrons. The third-order valence-electron chi connectivity index (χ3n) is 2.21. The minimum absolute atomic E-state index is 0.102. The molecule has 6 heteroatoms. The normalized spacial score (nSPS) is 15.4. The first kappa shape index (κ1) is 16.6. The van der Waals surface area contributed by atoms with Gasteiger partial charge in [0.05, 0.1) is 6.61 Å². The van der Waals surface area contributed by atoms with E-state index >= 15 is 0 Å². The summed E-state index contributed by atoms with van der Waals surface area (Å²) in [5.74, 6) is -4.09. The third-order valence-corrected chi connectivity index (χ3v) is 2.21. The average Bonchev–Trinajstić information content (AvgIpc) is 2.13. The van der Waals surface area contributed by atoms with Crippen LogP contribution in [-0.2, 0) is 4.74 Å². The maximum absolute atomic E-state index is 12.5. The third kappa shape index (κ3) is 8.37. The number of rotatable bonds is 7. The second-order valence-electron chi connectivity index (χ2n) is 5.44. The van der Waals surface area contributed by atoms with Crippen LogP contribution >= 0.6 is 0 Å². The Morgan fingerprint density at radius 1 is 1.18 bits per heavy atom. The molecule has 0 saturated carbocycles. The first-order chi connectivity index (χ1) is 7.54. The predicted molar refractivity (Wildman–Crippen MR) is 58.4 cm³/mol. The highest BCUT2D eigenvalue weighted by Crippen LogP contribution is 2.23. The highest BCUT2D eigenvalue weighted by atomic mass is 19.3. The summed E-state index contributed by atoms with van der Waals surface area (Å²) in [5.41, 5.74) is 5.73. The lowest BCUT2D eigenvalue weighted by atomic mass is 9.89. The molecule has 1 atom stereocenters. The smallest absolute Gasteiger partial charge is 0.330 e. The van der Waals surface area contributed by atoms with Crippen LogP contribution in [0.2, 0.25) is 0 Å². The molecule has 0 saturated heterocycles. The van der Waals surface area contributed by atoms with Crippen molar-refractivity contribution in [2.75, 3.05) is 13.2 Å². The zero-order valence-electron chi connectivity index (χ0n) is 10.5. The van der Waals surface area contributed by atoms with E-state index in [2.05, 4.69) is 4.74 Å². The quantitative estimate of drug-likeness (QED) is 0.713. The van der Waals surface area contributed by atoms with E-state index in [0.717, 1.165) is 6.42 Å². The minimum atomic E-state index is -4.09. The lowest BCUT2D eigenvalue weighted by Crippen LogP contribution is -2.35. The van der Waals surface area contributed by atoms with Crippen LogP contribution in [-0.4, -0.2) is 31.6 Å². The van der Waals surface area contributed by atoms with Crippen LogP contribution in [0.15, 0.2) is 0 Å². The predicted octanol–water partition coefficient (Wildman–Crippen LogP) is 3.06. The lowest BCUT2D eigenvalue weighted by molar-refractivity contribution is -0.166. The molecular weight excluding hydrogens is 238 g/mol. The fourth-order valence-electron chi connectivity index (χ4n) is 1.11. The van der Waals surface area contributed by atoms with Gasteiger partial charge >= 0.3 is 12.3 Å². The van der Waals surface area contributed by atoms with Crippen molar-refractivity contribution in [3.05, 3.63) is 0 Å². The van der Waals surface area contributed by atoms with Crippen molar-refractivity contribution in [2.45, 2.75) is 52.0 Å². The van der Waals surface area contributed by atoms with E-state index in [0.29, 0.717) is 6.42 Å². The summed E-state index contributed by atoms with van der Waals surface area (Å²) >= 11 is 0. The molecule has 0 spiro atoms. The molecule has 0 bridgehead atoms. The fourth-order valence-corrected chi connectivity index (χ4v) is 1.11. The Kier molecular flexibility index (Phi) is 6.40. The van der Waals surface area contributed by atoms with Gasteiger partial charge in [-0.25, -0.2) is 8.78 Å². The molecular formula is C11H21F4NO. The van der Waals surface area contributed by atoms with Crippen molar-refractivity contribution < 1.29 is 22.3 Å². The van der Waals surface area contributed by atoms with Crippen LogP contribution in [0.4, 0.5) is 17.6 Å². The number of alkyl halides is 4. The lowest BCUT2D eigenvalue weighted by Gasteiger charge is -2.21. The van der Waals surface area contributed by atoms with Gasteiger partial charge in [-0.3, -0.25) is 0 Å².